The number of aliphatic hydroxyl groups is 1. The second-order valence-corrected chi connectivity index (χ2v) is 7.12. The topological polar surface area (TPSA) is 78.8 Å². The summed E-state index contributed by atoms with van der Waals surface area (Å²) in [5.41, 5.74) is 3.05. The van der Waals surface area contributed by atoms with Crippen LogP contribution in [0.4, 0.5) is 0 Å². The highest BCUT2D eigenvalue weighted by atomic mass is 16.5. The molecule has 0 bridgehead atoms. The van der Waals surface area contributed by atoms with Gasteiger partial charge in [0.15, 0.2) is 5.96 Å². The molecule has 1 heterocycles. The zero-order valence-corrected chi connectivity index (χ0v) is 17.9. The Morgan fingerprint density at radius 1 is 1.03 bits per heavy atom. The highest BCUT2D eigenvalue weighted by Crippen LogP contribution is 2.16. The van der Waals surface area contributed by atoms with E-state index in [2.05, 4.69) is 20.6 Å². The minimum atomic E-state index is 0.00776. The largest absolute Gasteiger partial charge is 0.487 e. The molecule has 31 heavy (non-hydrogen) atoms. The van der Waals surface area contributed by atoms with Crippen LogP contribution in [0.5, 0.6) is 5.75 Å². The van der Waals surface area contributed by atoms with Crippen molar-refractivity contribution in [1.29, 1.82) is 0 Å². The van der Waals surface area contributed by atoms with Gasteiger partial charge in [-0.3, -0.25) is 4.98 Å². The van der Waals surface area contributed by atoms with E-state index in [9.17, 15) is 5.11 Å². The number of nitrogens with one attached hydrogen (secondary N) is 2. The molecule has 1 unspecified atom stereocenters. The van der Waals surface area contributed by atoms with Crippen molar-refractivity contribution in [2.45, 2.75) is 26.0 Å². The number of nitrogens with zero attached hydrogens (tertiary/aromatic N) is 2. The predicted molar refractivity (Wildman–Crippen MR) is 124 cm³/mol. The van der Waals surface area contributed by atoms with E-state index in [-0.39, 0.29) is 12.5 Å². The van der Waals surface area contributed by atoms with Gasteiger partial charge in [0.05, 0.1) is 18.8 Å². The molecule has 0 aliphatic rings. The van der Waals surface area contributed by atoms with Crippen LogP contribution < -0.4 is 15.4 Å². The van der Waals surface area contributed by atoms with Crippen molar-refractivity contribution in [3.05, 3.63) is 95.8 Å². The van der Waals surface area contributed by atoms with Crippen LogP contribution in [-0.4, -0.2) is 35.7 Å². The molecule has 0 aliphatic carbocycles. The highest BCUT2D eigenvalue weighted by molar-refractivity contribution is 5.79. The summed E-state index contributed by atoms with van der Waals surface area (Å²) >= 11 is 0. The summed E-state index contributed by atoms with van der Waals surface area (Å²) in [4.78, 5) is 8.97. The van der Waals surface area contributed by atoms with E-state index >= 15 is 0 Å². The van der Waals surface area contributed by atoms with Crippen molar-refractivity contribution in [3.63, 3.8) is 0 Å². The third-order valence-corrected chi connectivity index (χ3v) is 4.78. The van der Waals surface area contributed by atoms with Gasteiger partial charge in [-0.2, -0.15) is 0 Å². The fourth-order valence-corrected chi connectivity index (χ4v) is 3.12. The van der Waals surface area contributed by atoms with Crippen LogP contribution in [0.1, 0.15) is 29.7 Å². The average molecular weight is 419 g/mol. The molecule has 6 heteroatoms. The summed E-state index contributed by atoms with van der Waals surface area (Å²) in [5, 5.41) is 16.4. The van der Waals surface area contributed by atoms with Gasteiger partial charge in [0.2, 0.25) is 0 Å². The maximum atomic E-state index is 9.77. The van der Waals surface area contributed by atoms with E-state index in [4.69, 9.17) is 4.74 Å². The van der Waals surface area contributed by atoms with Crippen LogP contribution in [-0.2, 0) is 13.2 Å². The molecule has 6 nitrogen and oxygen atoms in total. The maximum Gasteiger partial charge on any atom is 0.191 e. The summed E-state index contributed by atoms with van der Waals surface area (Å²) in [5.74, 6) is 1.52. The summed E-state index contributed by atoms with van der Waals surface area (Å²) in [7, 11) is 0. The number of benzene rings is 2. The Hall–Kier alpha value is -3.38. The van der Waals surface area contributed by atoms with Crippen LogP contribution in [0.15, 0.2) is 84.0 Å². The van der Waals surface area contributed by atoms with Crippen molar-refractivity contribution in [1.82, 2.24) is 15.6 Å². The summed E-state index contributed by atoms with van der Waals surface area (Å²) in [6, 6.07) is 23.7. The van der Waals surface area contributed by atoms with E-state index in [1.165, 1.54) is 0 Å². The van der Waals surface area contributed by atoms with Crippen molar-refractivity contribution < 1.29 is 9.84 Å². The maximum absolute atomic E-state index is 9.77. The van der Waals surface area contributed by atoms with Crippen LogP contribution >= 0.6 is 0 Å². The minimum absolute atomic E-state index is 0.00776. The first-order valence-electron chi connectivity index (χ1n) is 10.6. The molecule has 2 aromatic carbocycles. The number of pyridine rings is 1. The lowest BCUT2D eigenvalue weighted by Gasteiger charge is -2.18. The van der Waals surface area contributed by atoms with Crippen LogP contribution in [0.2, 0.25) is 0 Å². The molecule has 1 aromatic heterocycles. The Balaban J connectivity index is 1.58. The Bertz CT molecular complexity index is 933. The van der Waals surface area contributed by atoms with Crippen molar-refractivity contribution in [2.24, 2.45) is 4.99 Å². The van der Waals surface area contributed by atoms with Gasteiger partial charge < -0.3 is 20.5 Å². The minimum Gasteiger partial charge on any atom is -0.487 e. The number of hydrogen-bond acceptors (Lipinski definition) is 4. The SMILES string of the molecule is CCNC(=NCc1cccc(OCc2ccccn2)c1)NCC(CO)c1ccccc1. The van der Waals surface area contributed by atoms with Gasteiger partial charge in [0.1, 0.15) is 12.4 Å². The lowest BCUT2D eigenvalue weighted by molar-refractivity contribution is 0.265. The Labute approximate surface area is 184 Å². The highest BCUT2D eigenvalue weighted by Gasteiger charge is 2.10. The molecule has 162 valence electrons. The quantitative estimate of drug-likeness (QED) is 0.347. The summed E-state index contributed by atoms with van der Waals surface area (Å²) in [6.45, 7) is 4.41. The van der Waals surface area contributed by atoms with Crippen molar-refractivity contribution in [3.8, 4) is 5.75 Å². The van der Waals surface area contributed by atoms with Gasteiger partial charge >= 0.3 is 0 Å². The van der Waals surface area contributed by atoms with Crippen LogP contribution in [0.3, 0.4) is 0 Å². The van der Waals surface area contributed by atoms with E-state index in [1.54, 1.807) is 6.20 Å². The van der Waals surface area contributed by atoms with Gasteiger partial charge in [0, 0.05) is 25.2 Å². The molecule has 3 N–H and O–H groups in total. The normalized spacial score (nSPS) is 12.3. The second kappa shape index (κ2) is 12.3. The Morgan fingerprint density at radius 3 is 2.61 bits per heavy atom. The molecular formula is C25H30N4O2. The number of rotatable bonds is 10. The fourth-order valence-electron chi connectivity index (χ4n) is 3.12. The first-order chi connectivity index (χ1) is 15.3. The molecular weight excluding hydrogens is 388 g/mol. The van der Waals surface area contributed by atoms with Crippen LogP contribution in [0.25, 0.3) is 0 Å². The standard InChI is InChI=1S/C25H30N4O2/c1-2-26-25(29-17-22(18-30)21-10-4-3-5-11-21)28-16-20-9-8-13-24(15-20)31-19-23-12-6-7-14-27-23/h3-15,22,30H,2,16-19H2,1H3,(H2,26,28,29). The molecule has 0 aliphatic heterocycles. The number of guanidine groups is 1. The zero-order chi connectivity index (χ0) is 21.7. The monoisotopic (exact) mass is 418 g/mol. The molecule has 3 aromatic rings. The Morgan fingerprint density at radius 2 is 1.87 bits per heavy atom. The van der Waals surface area contributed by atoms with E-state index < -0.39 is 0 Å². The third-order valence-electron chi connectivity index (χ3n) is 4.78. The lowest BCUT2D eigenvalue weighted by Crippen LogP contribution is -2.39. The third kappa shape index (κ3) is 7.42. The van der Waals surface area contributed by atoms with E-state index in [0.717, 1.165) is 35.1 Å². The number of aliphatic imine (C=N–C) groups is 1. The summed E-state index contributed by atoms with van der Waals surface area (Å²) in [6.07, 6.45) is 1.76. The van der Waals surface area contributed by atoms with Gasteiger partial charge in [-0.15, -0.1) is 0 Å². The number of aliphatic hydroxyl groups excluding tert-OH is 1. The zero-order valence-electron chi connectivity index (χ0n) is 17.9. The molecule has 0 saturated heterocycles. The summed E-state index contributed by atoms with van der Waals surface area (Å²) < 4.78 is 5.86. The molecule has 0 fully saturated rings. The second-order valence-electron chi connectivity index (χ2n) is 7.12. The molecule has 0 spiro atoms. The van der Waals surface area contributed by atoms with Gasteiger partial charge in [-0.1, -0.05) is 48.5 Å². The van der Waals surface area contributed by atoms with Crippen molar-refractivity contribution in [2.75, 3.05) is 19.7 Å². The van der Waals surface area contributed by atoms with E-state index in [1.807, 2.05) is 79.7 Å². The predicted octanol–water partition coefficient (Wildman–Crippen LogP) is 3.49. The molecule has 3 rings (SSSR count). The van der Waals surface area contributed by atoms with Gasteiger partial charge in [0.25, 0.3) is 0 Å². The lowest BCUT2D eigenvalue weighted by atomic mass is 10.0. The van der Waals surface area contributed by atoms with Gasteiger partial charge in [-0.25, -0.2) is 4.99 Å². The fraction of sp³-hybridized carbons (Fsp3) is 0.280. The molecule has 0 amide bonds. The van der Waals surface area contributed by atoms with Crippen LogP contribution in [0, 0.1) is 0 Å². The number of hydrogen-bond donors (Lipinski definition) is 3. The smallest absolute Gasteiger partial charge is 0.191 e. The average Bonchev–Trinajstić information content (AvgIpc) is 2.83. The van der Waals surface area contributed by atoms with E-state index in [0.29, 0.717) is 19.7 Å². The first-order valence-corrected chi connectivity index (χ1v) is 10.6. The number of aromatic nitrogens is 1. The van der Waals surface area contributed by atoms with Crippen molar-refractivity contribution >= 4 is 5.96 Å². The van der Waals surface area contributed by atoms with Gasteiger partial charge in [-0.05, 0) is 42.3 Å². The first kappa shape index (κ1) is 22.3. The Kier molecular flexibility index (Phi) is 8.88. The molecule has 0 saturated carbocycles. The number of ether oxygens (including phenoxy) is 1. The molecule has 0 radical (unpaired) electrons. The molecule has 1 atom stereocenters.